The van der Waals surface area contributed by atoms with Gasteiger partial charge in [-0.25, -0.2) is 0 Å². The highest BCUT2D eigenvalue weighted by Crippen LogP contribution is 2.26. The summed E-state index contributed by atoms with van der Waals surface area (Å²) in [5.41, 5.74) is 3.36. The van der Waals surface area contributed by atoms with Gasteiger partial charge in [0.25, 0.3) is 0 Å². The highest BCUT2D eigenvalue weighted by atomic mass is 79.9. The lowest BCUT2D eigenvalue weighted by Gasteiger charge is -2.11. The van der Waals surface area contributed by atoms with Gasteiger partial charge in [0, 0.05) is 22.7 Å². The second kappa shape index (κ2) is 4.61. The molecule has 0 spiro atoms. The molecule has 0 fully saturated rings. The summed E-state index contributed by atoms with van der Waals surface area (Å²) in [4.78, 5) is 4.35. The first-order valence-corrected chi connectivity index (χ1v) is 5.44. The van der Waals surface area contributed by atoms with Gasteiger partial charge in [0.05, 0.1) is 12.8 Å². The van der Waals surface area contributed by atoms with Crippen molar-refractivity contribution in [3.63, 3.8) is 0 Å². The molecule has 0 atom stereocenters. The van der Waals surface area contributed by atoms with Crippen molar-refractivity contribution in [3.05, 3.63) is 23.0 Å². The maximum atomic E-state index is 5.35. The third kappa shape index (κ3) is 2.02. The molecule has 0 aromatic carbocycles. The molecule has 0 bridgehead atoms. The van der Waals surface area contributed by atoms with E-state index in [0.717, 1.165) is 28.8 Å². The van der Waals surface area contributed by atoms with Crippen LogP contribution in [0.1, 0.15) is 23.7 Å². The van der Waals surface area contributed by atoms with E-state index in [1.165, 1.54) is 5.56 Å². The lowest BCUT2D eigenvalue weighted by molar-refractivity contribution is 0.405. The Morgan fingerprint density at radius 3 is 2.69 bits per heavy atom. The number of aromatic nitrogens is 1. The van der Waals surface area contributed by atoms with Gasteiger partial charge in [-0.15, -0.1) is 0 Å². The van der Waals surface area contributed by atoms with Gasteiger partial charge < -0.3 is 4.74 Å². The Morgan fingerprint density at radius 2 is 2.23 bits per heavy atom. The molecular weight excluding hydrogens is 230 g/mol. The Morgan fingerprint density at radius 1 is 1.54 bits per heavy atom. The molecule has 0 aliphatic rings. The predicted octanol–water partition coefficient (Wildman–Crippen LogP) is 2.86. The molecule has 0 saturated carbocycles. The third-order valence-corrected chi connectivity index (χ3v) is 2.68. The Labute approximate surface area is 87.5 Å². The molecule has 1 rings (SSSR count). The highest BCUT2D eigenvalue weighted by Gasteiger charge is 2.09. The number of hydrogen-bond donors (Lipinski definition) is 0. The van der Waals surface area contributed by atoms with Crippen LogP contribution in [0.5, 0.6) is 5.75 Å². The number of methoxy groups -OCH3 is 1. The second-order valence-electron chi connectivity index (χ2n) is 2.88. The molecule has 1 heterocycles. The molecule has 3 heteroatoms. The number of pyridine rings is 1. The van der Waals surface area contributed by atoms with Crippen LogP contribution in [0.4, 0.5) is 0 Å². The largest absolute Gasteiger partial charge is 0.496 e. The van der Waals surface area contributed by atoms with Gasteiger partial charge in [0.15, 0.2) is 0 Å². The summed E-state index contributed by atoms with van der Waals surface area (Å²) < 4.78 is 5.35. The van der Waals surface area contributed by atoms with Crippen molar-refractivity contribution in [1.82, 2.24) is 4.98 Å². The average molecular weight is 244 g/mol. The van der Waals surface area contributed by atoms with Crippen LogP contribution in [0.3, 0.4) is 0 Å². The third-order valence-electron chi connectivity index (χ3n) is 2.15. The molecule has 13 heavy (non-hydrogen) atoms. The molecule has 72 valence electrons. The Balaban J connectivity index is 3.23. The standard InChI is InChI=1S/C10H14BrNO/c1-4-8-6-12-9(5-11)7(2)10(8)13-3/h6H,4-5H2,1-3H3. The maximum absolute atomic E-state index is 5.35. The lowest BCUT2D eigenvalue weighted by atomic mass is 10.1. The maximum Gasteiger partial charge on any atom is 0.128 e. The van der Waals surface area contributed by atoms with Crippen LogP contribution in [0, 0.1) is 6.92 Å². The van der Waals surface area contributed by atoms with Crippen LogP contribution in [0.25, 0.3) is 0 Å². The molecule has 1 aromatic rings. The van der Waals surface area contributed by atoms with Crippen LogP contribution >= 0.6 is 15.9 Å². The SMILES string of the molecule is CCc1cnc(CBr)c(C)c1OC. The fourth-order valence-corrected chi connectivity index (χ4v) is 1.92. The molecule has 2 nitrogen and oxygen atoms in total. The van der Waals surface area contributed by atoms with Gasteiger partial charge >= 0.3 is 0 Å². The van der Waals surface area contributed by atoms with Crippen molar-refractivity contribution in [1.29, 1.82) is 0 Å². The van der Waals surface area contributed by atoms with Crippen molar-refractivity contribution in [3.8, 4) is 5.75 Å². The van der Waals surface area contributed by atoms with Crippen LogP contribution in [0.15, 0.2) is 6.20 Å². The van der Waals surface area contributed by atoms with Crippen LogP contribution in [-0.2, 0) is 11.8 Å². The zero-order valence-electron chi connectivity index (χ0n) is 8.22. The van der Waals surface area contributed by atoms with Crippen molar-refractivity contribution in [2.24, 2.45) is 0 Å². The number of hydrogen-bond acceptors (Lipinski definition) is 2. The zero-order valence-corrected chi connectivity index (χ0v) is 9.81. The number of aryl methyl sites for hydroxylation is 1. The highest BCUT2D eigenvalue weighted by molar-refractivity contribution is 9.08. The van der Waals surface area contributed by atoms with E-state index in [9.17, 15) is 0 Å². The summed E-state index contributed by atoms with van der Waals surface area (Å²) in [6, 6.07) is 0. The predicted molar refractivity (Wildman–Crippen MR) is 57.5 cm³/mol. The summed E-state index contributed by atoms with van der Waals surface area (Å²) in [6.07, 6.45) is 2.85. The minimum atomic E-state index is 0.777. The monoisotopic (exact) mass is 243 g/mol. The van der Waals surface area contributed by atoms with Crippen molar-refractivity contribution >= 4 is 15.9 Å². The second-order valence-corrected chi connectivity index (χ2v) is 3.44. The van der Waals surface area contributed by atoms with Crippen molar-refractivity contribution < 1.29 is 4.74 Å². The smallest absolute Gasteiger partial charge is 0.128 e. The summed E-state index contributed by atoms with van der Waals surface area (Å²) >= 11 is 3.40. The quantitative estimate of drug-likeness (QED) is 0.763. The fourth-order valence-electron chi connectivity index (χ4n) is 1.35. The number of alkyl halides is 1. The molecule has 0 unspecified atom stereocenters. The molecule has 0 amide bonds. The first kappa shape index (κ1) is 10.5. The van der Waals surface area contributed by atoms with Crippen LogP contribution in [-0.4, -0.2) is 12.1 Å². The van der Waals surface area contributed by atoms with E-state index >= 15 is 0 Å². The minimum Gasteiger partial charge on any atom is -0.496 e. The number of rotatable bonds is 3. The van der Waals surface area contributed by atoms with E-state index < -0.39 is 0 Å². The van der Waals surface area contributed by atoms with E-state index in [-0.39, 0.29) is 0 Å². The molecule has 0 aliphatic heterocycles. The van der Waals surface area contributed by atoms with Crippen molar-refractivity contribution in [2.45, 2.75) is 25.6 Å². The summed E-state index contributed by atoms with van der Waals surface area (Å²) in [6.45, 7) is 4.15. The van der Waals surface area contributed by atoms with Crippen molar-refractivity contribution in [2.75, 3.05) is 7.11 Å². The summed E-state index contributed by atoms with van der Waals surface area (Å²) in [7, 11) is 1.71. The van der Waals surface area contributed by atoms with E-state index in [4.69, 9.17) is 4.74 Å². The number of ether oxygens (including phenoxy) is 1. The Kier molecular flexibility index (Phi) is 3.72. The lowest BCUT2D eigenvalue weighted by Crippen LogP contribution is -1.99. The normalized spacial score (nSPS) is 10.2. The fraction of sp³-hybridized carbons (Fsp3) is 0.500. The van der Waals surface area contributed by atoms with Gasteiger partial charge in [-0.05, 0) is 13.3 Å². The van der Waals surface area contributed by atoms with Gasteiger partial charge in [-0.3, -0.25) is 4.98 Å². The van der Waals surface area contributed by atoms with E-state index in [1.54, 1.807) is 7.11 Å². The van der Waals surface area contributed by atoms with E-state index in [2.05, 4.69) is 27.8 Å². The molecule has 0 aliphatic carbocycles. The van der Waals surface area contributed by atoms with Crippen LogP contribution in [0.2, 0.25) is 0 Å². The minimum absolute atomic E-state index is 0.777. The number of nitrogens with zero attached hydrogens (tertiary/aromatic N) is 1. The summed E-state index contributed by atoms with van der Waals surface area (Å²) in [5, 5.41) is 0.777. The molecule has 0 saturated heterocycles. The first-order valence-electron chi connectivity index (χ1n) is 4.31. The van der Waals surface area contributed by atoms with Crippen LogP contribution < -0.4 is 4.74 Å². The van der Waals surface area contributed by atoms with Gasteiger partial charge in [-0.2, -0.15) is 0 Å². The van der Waals surface area contributed by atoms with E-state index in [1.807, 2.05) is 13.1 Å². The average Bonchev–Trinajstić information content (AvgIpc) is 2.17. The summed E-state index contributed by atoms with van der Waals surface area (Å²) in [5.74, 6) is 0.979. The topological polar surface area (TPSA) is 22.1 Å². The Hall–Kier alpha value is -0.570. The van der Waals surface area contributed by atoms with E-state index in [0.29, 0.717) is 0 Å². The van der Waals surface area contributed by atoms with Gasteiger partial charge in [0.1, 0.15) is 5.75 Å². The van der Waals surface area contributed by atoms with Gasteiger partial charge in [0.2, 0.25) is 0 Å². The molecule has 1 aromatic heterocycles. The Bertz CT molecular complexity index is 299. The molecule has 0 radical (unpaired) electrons. The molecule has 0 N–H and O–H groups in total. The first-order chi connectivity index (χ1) is 6.24. The zero-order chi connectivity index (χ0) is 9.84. The van der Waals surface area contributed by atoms with Gasteiger partial charge in [-0.1, -0.05) is 22.9 Å². The number of halogens is 1. The molecular formula is C10H14BrNO.